The van der Waals surface area contributed by atoms with Crippen LogP contribution in [0.1, 0.15) is 35.7 Å². The van der Waals surface area contributed by atoms with Crippen LogP contribution in [0, 0.1) is 5.82 Å². The number of carbonyl (C=O) groups is 1. The Bertz CT molecular complexity index is 336. The van der Waals surface area contributed by atoms with Gasteiger partial charge in [-0.2, -0.15) is 0 Å². The van der Waals surface area contributed by atoms with Crippen molar-refractivity contribution in [3.05, 3.63) is 35.1 Å². The number of hydrogen-bond acceptors (Lipinski definition) is 1. The zero-order chi connectivity index (χ0) is 10.6. The number of aryl methyl sites for hydroxylation is 1. The second-order valence-corrected chi connectivity index (χ2v) is 3.25. The minimum absolute atomic E-state index is 0.0152. The van der Waals surface area contributed by atoms with Crippen LogP contribution in [0.25, 0.3) is 0 Å². The summed E-state index contributed by atoms with van der Waals surface area (Å²) < 4.78 is 13.5. The molecule has 0 saturated carbocycles. The number of primary amides is 1. The van der Waals surface area contributed by atoms with Gasteiger partial charge >= 0.3 is 0 Å². The Morgan fingerprint density at radius 3 is 2.79 bits per heavy atom. The molecule has 14 heavy (non-hydrogen) atoms. The lowest BCUT2D eigenvalue weighted by Gasteiger charge is -2.04. The van der Waals surface area contributed by atoms with Crippen LogP contribution in [0.5, 0.6) is 0 Å². The first-order valence-corrected chi connectivity index (χ1v) is 4.74. The molecule has 0 fully saturated rings. The molecule has 0 atom stereocenters. The highest BCUT2D eigenvalue weighted by atomic mass is 19.1. The van der Waals surface area contributed by atoms with Crippen LogP contribution in [-0.2, 0) is 6.42 Å². The average Bonchev–Trinajstić information content (AvgIpc) is 2.16. The van der Waals surface area contributed by atoms with Crippen molar-refractivity contribution in [1.82, 2.24) is 0 Å². The third kappa shape index (κ3) is 2.31. The van der Waals surface area contributed by atoms with Gasteiger partial charge < -0.3 is 5.73 Å². The number of hydrogen-bond donors (Lipinski definition) is 1. The first kappa shape index (κ1) is 10.7. The van der Waals surface area contributed by atoms with Crippen molar-refractivity contribution in [2.45, 2.75) is 26.2 Å². The summed E-state index contributed by atoms with van der Waals surface area (Å²) in [5, 5.41) is 0. The number of rotatable bonds is 4. The molecule has 0 aliphatic heterocycles. The smallest absolute Gasteiger partial charge is 0.251 e. The highest BCUT2D eigenvalue weighted by Gasteiger charge is 2.11. The summed E-state index contributed by atoms with van der Waals surface area (Å²) in [6.45, 7) is 2.04. The van der Waals surface area contributed by atoms with Gasteiger partial charge in [-0.15, -0.1) is 0 Å². The van der Waals surface area contributed by atoms with Gasteiger partial charge in [0, 0.05) is 0 Å². The van der Waals surface area contributed by atoms with Gasteiger partial charge in [0.05, 0.1) is 5.56 Å². The number of amides is 1. The lowest BCUT2D eigenvalue weighted by atomic mass is 10.0. The van der Waals surface area contributed by atoms with E-state index in [1.54, 1.807) is 12.1 Å². The largest absolute Gasteiger partial charge is 0.366 e. The van der Waals surface area contributed by atoms with Crippen molar-refractivity contribution in [3.63, 3.8) is 0 Å². The summed E-state index contributed by atoms with van der Waals surface area (Å²) in [5.41, 5.74) is 5.59. The fraction of sp³-hybridized carbons (Fsp3) is 0.364. The molecule has 0 heterocycles. The Hall–Kier alpha value is -1.38. The van der Waals surface area contributed by atoms with Crippen molar-refractivity contribution in [2.24, 2.45) is 5.73 Å². The van der Waals surface area contributed by atoms with E-state index in [1.807, 2.05) is 6.92 Å². The molecule has 2 N–H and O–H groups in total. The van der Waals surface area contributed by atoms with Gasteiger partial charge in [-0.1, -0.05) is 25.5 Å². The fourth-order valence-electron chi connectivity index (χ4n) is 1.33. The highest BCUT2D eigenvalue weighted by Crippen LogP contribution is 2.14. The molecule has 1 rings (SSSR count). The van der Waals surface area contributed by atoms with E-state index in [4.69, 9.17) is 5.73 Å². The number of carbonyl (C=O) groups excluding carboxylic acids is 1. The molecule has 0 saturated heterocycles. The molecular formula is C11H14FNO. The molecule has 0 aliphatic carbocycles. The van der Waals surface area contributed by atoms with Crippen molar-refractivity contribution in [3.8, 4) is 0 Å². The molecule has 0 spiro atoms. The van der Waals surface area contributed by atoms with Crippen LogP contribution in [0.4, 0.5) is 4.39 Å². The maximum atomic E-state index is 13.5. The predicted molar refractivity (Wildman–Crippen MR) is 53.5 cm³/mol. The summed E-state index contributed by atoms with van der Waals surface area (Å²) in [4.78, 5) is 10.8. The van der Waals surface area contributed by atoms with Crippen molar-refractivity contribution in [1.29, 1.82) is 0 Å². The molecule has 1 aromatic carbocycles. The van der Waals surface area contributed by atoms with E-state index in [2.05, 4.69) is 0 Å². The first-order valence-electron chi connectivity index (χ1n) is 4.74. The quantitative estimate of drug-likeness (QED) is 0.786. The van der Waals surface area contributed by atoms with Gasteiger partial charge in [0.1, 0.15) is 5.82 Å². The molecule has 3 heteroatoms. The van der Waals surface area contributed by atoms with E-state index in [-0.39, 0.29) is 5.56 Å². The maximum Gasteiger partial charge on any atom is 0.251 e. The standard InChI is InChI=1S/C11H14FNO/c1-2-3-5-8-6-4-7-9(10(8)12)11(13)14/h4,6-7H,2-3,5H2,1H3,(H2,13,14). The highest BCUT2D eigenvalue weighted by molar-refractivity contribution is 5.93. The summed E-state index contributed by atoms with van der Waals surface area (Å²) in [5.74, 6) is -1.17. The average molecular weight is 195 g/mol. The molecule has 0 aliphatic rings. The molecule has 0 unspecified atom stereocenters. The van der Waals surface area contributed by atoms with Crippen molar-refractivity contribution >= 4 is 5.91 Å². The van der Waals surface area contributed by atoms with Gasteiger partial charge in [0.2, 0.25) is 0 Å². The lowest BCUT2D eigenvalue weighted by Crippen LogP contribution is -2.14. The first-order chi connectivity index (χ1) is 6.66. The Kier molecular flexibility index (Phi) is 3.63. The normalized spacial score (nSPS) is 10.1. The third-order valence-corrected chi connectivity index (χ3v) is 2.14. The van der Waals surface area contributed by atoms with Gasteiger partial charge in [-0.3, -0.25) is 4.79 Å². The minimum atomic E-state index is -0.708. The molecule has 0 radical (unpaired) electrons. The Balaban J connectivity index is 2.95. The van der Waals surface area contributed by atoms with Gasteiger partial charge in [0.25, 0.3) is 5.91 Å². The van der Waals surface area contributed by atoms with Crippen LogP contribution in [0.3, 0.4) is 0 Å². The van der Waals surface area contributed by atoms with Crippen LogP contribution in [0.15, 0.2) is 18.2 Å². The Labute approximate surface area is 82.9 Å². The molecule has 0 aromatic heterocycles. The second-order valence-electron chi connectivity index (χ2n) is 3.25. The van der Waals surface area contributed by atoms with E-state index in [9.17, 15) is 9.18 Å². The summed E-state index contributed by atoms with van der Waals surface area (Å²) in [6.07, 6.45) is 2.57. The van der Waals surface area contributed by atoms with Crippen molar-refractivity contribution < 1.29 is 9.18 Å². The Morgan fingerprint density at radius 1 is 1.50 bits per heavy atom. The number of benzene rings is 1. The molecular weight excluding hydrogens is 181 g/mol. The second kappa shape index (κ2) is 4.74. The van der Waals surface area contributed by atoms with E-state index in [0.717, 1.165) is 12.8 Å². The van der Waals surface area contributed by atoms with Gasteiger partial charge in [-0.25, -0.2) is 4.39 Å². The van der Waals surface area contributed by atoms with E-state index < -0.39 is 11.7 Å². The van der Waals surface area contributed by atoms with E-state index in [1.165, 1.54) is 6.07 Å². The molecule has 1 amide bonds. The predicted octanol–water partition coefficient (Wildman–Crippen LogP) is 2.27. The number of nitrogens with two attached hydrogens (primary N) is 1. The molecule has 76 valence electrons. The molecule has 1 aromatic rings. The number of unbranched alkanes of at least 4 members (excludes halogenated alkanes) is 1. The summed E-state index contributed by atoms with van der Waals surface area (Å²) in [7, 11) is 0. The molecule has 2 nitrogen and oxygen atoms in total. The maximum absolute atomic E-state index is 13.5. The Morgan fingerprint density at radius 2 is 2.21 bits per heavy atom. The third-order valence-electron chi connectivity index (χ3n) is 2.14. The van der Waals surface area contributed by atoms with Crippen LogP contribution in [0.2, 0.25) is 0 Å². The van der Waals surface area contributed by atoms with Gasteiger partial charge in [-0.05, 0) is 24.5 Å². The van der Waals surface area contributed by atoms with Crippen molar-refractivity contribution in [2.75, 3.05) is 0 Å². The van der Waals surface area contributed by atoms with E-state index in [0.29, 0.717) is 12.0 Å². The SMILES string of the molecule is CCCCc1cccc(C(N)=O)c1F. The van der Waals surface area contributed by atoms with Crippen LogP contribution < -0.4 is 5.73 Å². The topological polar surface area (TPSA) is 43.1 Å². The zero-order valence-electron chi connectivity index (χ0n) is 8.22. The minimum Gasteiger partial charge on any atom is -0.366 e. The zero-order valence-corrected chi connectivity index (χ0v) is 8.22. The summed E-state index contributed by atoms with van der Waals surface area (Å²) in [6, 6.07) is 4.76. The van der Waals surface area contributed by atoms with E-state index >= 15 is 0 Å². The summed E-state index contributed by atoms with van der Waals surface area (Å²) >= 11 is 0. The molecule has 0 bridgehead atoms. The lowest BCUT2D eigenvalue weighted by molar-refractivity contribution is 0.0996. The number of halogens is 1. The van der Waals surface area contributed by atoms with Crippen LogP contribution in [-0.4, -0.2) is 5.91 Å². The van der Waals surface area contributed by atoms with Gasteiger partial charge in [0.15, 0.2) is 0 Å². The fourth-order valence-corrected chi connectivity index (χ4v) is 1.33. The monoisotopic (exact) mass is 195 g/mol. The van der Waals surface area contributed by atoms with Crippen LogP contribution >= 0.6 is 0 Å².